The van der Waals surface area contributed by atoms with Crippen LogP contribution in [0.1, 0.15) is 30.2 Å². The maximum atomic E-state index is 12.6. The first-order valence-corrected chi connectivity index (χ1v) is 8.34. The zero-order valence-electron chi connectivity index (χ0n) is 13.8. The van der Waals surface area contributed by atoms with Crippen LogP contribution < -0.4 is 0 Å². The fraction of sp³-hybridized carbons (Fsp3) is 0.300. The zero-order valence-corrected chi connectivity index (χ0v) is 13.8. The summed E-state index contributed by atoms with van der Waals surface area (Å²) >= 11 is 0. The molecule has 0 radical (unpaired) electrons. The highest BCUT2D eigenvalue weighted by molar-refractivity contribution is 6.02. The molecule has 2 aliphatic carbocycles. The van der Waals surface area contributed by atoms with Gasteiger partial charge in [-0.1, -0.05) is 19.1 Å². The standard InChI is InChI=1S/C20H17N3O2/c1-12-17-6-5-13-10-22-11-23-19(13)20(17,8-14(9-21)18(12)25)15-3-2-4-16(24)7-15/h2-4,7-8,10-12,17,24H,5-6H2,1H3/t12-,17-,20+/m0/s1. The van der Waals surface area contributed by atoms with Crippen molar-refractivity contribution in [3.8, 4) is 11.8 Å². The van der Waals surface area contributed by atoms with E-state index in [0.29, 0.717) is 0 Å². The molecule has 2 aromatic rings. The van der Waals surface area contributed by atoms with Gasteiger partial charge >= 0.3 is 0 Å². The molecular formula is C20H17N3O2. The van der Waals surface area contributed by atoms with Gasteiger partial charge in [-0.15, -0.1) is 0 Å². The highest BCUT2D eigenvalue weighted by Crippen LogP contribution is 2.53. The number of benzene rings is 1. The minimum absolute atomic E-state index is 0.0127. The molecule has 2 aliphatic rings. The molecule has 0 saturated carbocycles. The summed E-state index contributed by atoms with van der Waals surface area (Å²) in [5, 5.41) is 19.5. The summed E-state index contributed by atoms with van der Waals surface area (Å²) in [5.41, 5.74) is 2.17. The number of allylic oxidation sites excluding steroid dienone is 2. The van der Waals surface area contributed by atoms with Gasteiger partial charge in [-0.05, 0) is 48.1 Å². The van der Waals surface area contributed by atoms with Gasteiger partial charge in [-0.25, -0.2) is 9.97 Å². The Morgan fingerprint density at radius 3 is 3.00 bits per heavy atom. The molecule has 5 nitrogen and oxygen atoms in total. The van der Waals surface area contributed by atoms with Gasteiger partial charge in [0.2, 0.25) is 0 Å². The first-order chi connectivity index (χ1) is 12.1. The Morgan fingerprint density at radius 1 is 1.40 bits per heavy atom. The fourth-order valence-corrected chi connectivity index (χ4v) is 4.46. The molecule has 0 bridgehead atoms. The van der Waals surface area contributed by atoms with E-state index in [1.54, 1.807) is 24.3 Å². The molecule has 5 heteroatoms. The van der Waals surface area contributed by atoms with E-state index >= 15 is 0 Å². The fourth-order valence-electron chi connectivity index (χ4n) is 4.46. The second kappa shape index (κ2) is 5.52. The molecule has 3 atom stereocenters. The molecule has 1 N–H and O–H groups in total. The van der Waals surface area contributed by atoms with Crippen LogP contribution in [0.25, 0.3) is 0 Å². The van der Waals surface area contributed by atoms with Crippen LogP contribution in [-0.2, 0) is 16.6 Å². The zero-order chi connectivity index (χ0) is 17.6. The van der Waals surface area contributed by atoms with E-state index in [1.807, 2.05) is 19.2 Å². The lowest BCUT2D eigenvalue weighted by atomic mass is 9.54. The summed E-state index contributed by atoms with van der Waals surface area (Å²) in [6, 6.07) is 9.10. The third kappa shape index (κ3) is 2.11. The van der Waals surface area contributed by atoms with E-state index in [9.17, 15) is 15.2 Å². The monoisotopic (exact) mass is 331 g/mol. The molecule has 0 fully saturated rings. The van der Waals surface area contributed by atoms with Crippen molar-refractivity contribution in [2.75, 3.05) is 0 Å². The van der Waals surface area contributed by atoms with Crippen molar-refractivity contribution in [1.29, 1.82) is 5.26 Å². The second-order valence-corrected chi connectivity index (χ2v) is 6.78. The number of phenolic OH excluding ortho intramolecular Hbond substituents is 1. The predicted octanol–water partition coefficient (Wildman–Crippen LogP) is 2.70. The molecular weight excluding hydrogens is 314 g/mol. The second-order valence-electron chi connectivity index (χ2n) is 6.78. The molecule has 1 aromatic carbocycles. The molecule has 0 amide bonds. The minimum atomic E-state index is -0.701. The average molecular weight is 331 g/mol. The Balaban J connectivity index is 2.10. The summed E-state index contributed by atoms with van der Waals surface area (Å²) in [6.45, 7) is 1.89. The summed E-state index contributed by atoms with van der Waals surface area (Å²) in [5.74, 6) is -0.254. The van der Waals surface area contributed by atoms with Gasteiger partial charge in [0.1, 0.15) is 18.1 Å². The van der Waals surface area contributed by atoms with Crippen molar-refractivity contribution in [2.45, 2.75) is 25.2 Å². The van der Waals surface area contributed by atoms with Gasteiger partial charge in [0, 0.05) is 12.1 Å². The van der Waals surface area contributed by atoms with E-state index in [1.165, 1.54) is 6.33 Å². The SMILES string of the molecule is C[C@@H]1C(=O)C(C#N)=C[C@]2(c3cccc(O)c3)c3ncncc3CC[C@@H]12. The Hall–Kier alpha value is -3.00. The van der Waals surface area contributed by atoms with Crippen LogP contribution in [0.4, 0.5) is 0 Å². The largest absolute Gasteiger partial charge is 0.508 e. The maximum absolute atomic E-state index is 12.6. The number of rotatable bonds is 1. The quantitative estimate of drug-likeness (QED) is 0.868. The first kappa shape index (κ1) is 15.5. The highest BCUT2D eigenvalue weighted by Gasteiger charge is 2.52. The Bertz CT molecular complexity index is 944. The summed E-state index contributed by atoms with van der Waals surface area (Å²) in [7, 11) is 0. The first-order valence-electron chi connectivity index (χ1n) is 8.34. The number of hydrogen-bond acceptors (Lipinski definition) is 5. The van der Waals surface area contributed by atoms with Gasteiger partial charge in [0.15, 0.2) is 5.78 Å². The van der Waals surface area contributed by atoms with Crippen molar-refractivity contribution < 1.29 is 9.90 Å². The van der Waals surface area contributed by atoms with Crippen LogP contribution >= 0.6 is 0 Å². The van der Waals surface area contributed by atoms with Crippen molar-refractivity contribution >= 4 is 5.78 Å². The number of fused-ring (bicyclic) bond motifs is 3. The predicted molar refractivity (Wildman–Crippen MR) is 90.6 cm³/mol. The van der Waals surface area contributed by atoms with Gasteiger partial charge in [-0.3, -0.25) is 4.79 Å². The van der Waals surface area contributed by atoms with Gasteiger partial charge in [-0.2, -0.15) is 5.26 Å². The van der Waals surface area contributed by atoms with Crippen LogP contribution in [0.2, 0.25) is 0 Å². The molecule has 0 saturated heterocycles. The number of phenols is 1. The maximum Gasteiger partial charge on any atom is 0.176 e. The number of Topliss-reactive ketones (excluding diaryl/α,β-unsaturated/α-hetero) is 1. The van der Waals surface area contributed by atoms with E-state index in [-0.39, 0.29) is 28.9 Å². The van der Waals surface area contributed by atoms with Crippen molar-refractivity contribution in [2.24, 2.45) is 11.8 Å². The number of aryl methyl sites for hydroxylation is 1. The summed E-state index contributed by atoms with van der Waals surface area (Å²) in [4.78, 5) is 21.3. The van der Waals surface area contributed by atoms with Crippen LogP contribution in [0, 0.1) is 23.2 Å². The molecule has 1 heterocycles. The van der Waals surface area contributed by atoms with Gasteiger partial charge in [0.25, 0.3) is 0 Å². The number of nitriles is 1. The van der Waals surface area contributed by atoms with E-state index in [0.717, 1.165) is 29.7 Å². The molecule has 25 heavy (non-hydrogen) atoms. The summed E-state index contributed by atoms with van der Waals surface area (Å²) < 4.78 is 0. The molecule has 0 spiro atoms. The van der Waals surface area contributed by atoms with Crippen molar-refractivity contribution in [1.82, 2.24) is 9.97 Å². The van der Waals surface area contributed by atoms with E-state index < -0.39 is 5.41 Å². The number of hydrogen-bond donors (Lipinski definition) is 1. The number of nitrogens with zero attached hydrogens (tertiary/aromatic N) is 3. The molecule has 0 unspecified atom stereocenters. The molecule has 124 valence electrons. The van der Waals surface area contributed by atoms with Crippen LogP contribution in [0.3, 0.4) is 0 Å². The average Bonchev–Trinajstić information content (AvgIpc) is 2.64. The Labute approximate surface area is 145 Å². The molecule has 4 rings (SSSR count). The topological polar surface area (TPSA) is 86.9 Å². The van der Waals surface area contributed by atoms with Gasteiger partial charge in [0.05, 0.1) is 16.7 Å². The smallest absolute Gasteiger partial charge is 0.176 e. The third-order valence-corrected chi connectivity index (χ3v) is 5.59. The Kier molecular flexibility index (Phi) is 3.43. The van der Waals surface area contributed by atoms with E-state index in [4.69, 9.17) is 0 Å². The van der Waals surface area contributed by atoms with Crippen LogP contribution in [0.15, 0.2) is 48.4 Å². The number of carbonyl (C=O) groups is 1. The van der Waals surface area contributed by atoms with E-state index in [2.05, 4.69) is 16.0 Å². The Morgan fingerprint density at radius 2 is 2.24 bits per heavy atom. The van der Waals surface area contributed by atoms with Gasteiger partial charge < -0.3 is 5.11 Å². The van der Waals surface area contributed by atoms with Crippen molar-refractivity contribution in [3.63, 3.8) is 0 Å². The lowest BCUT2D eigenvalue weighted by Crippen LogP contribution is -2.48. The van der Waals surface area contributed by atoms with Crippen LogP contribution in [-0.4, -0.2) is 20.9 Å². The number of aromatic nitrogens is 2. The molecule has 1 aromatic heterocycles. The normalized spacial score (nSPS) is 27.7. The lowest BCUT2D eigenvalue weighted by molar-refractivity contribution is -0.121. The number of carbonyl (C=O) groups excluding carboxylic acids is 1. The number of aromatic hydroxyl groups is 1. The molecule has 0 aliphatic heterocycles. The number of ketones is 1. The minimum Gasteiger partial charge on any atom is -0.508 e. The summed E-state index contributed by atoms with van der Waals surface area (Å²) in [6.07, 6.45) is 6.68. The van der Waals surface area contributed by atoms with Crippen LogP contribution in [0.5, 0.6) is 5.75 Å². The van der Waals surface area contributed by atoms with Crippen molar-refractivity contribution in [3.05, 3.63) is 65.3 Å². The lowest BCUT2D eigenvalue weighted by Gasteiger charge is -2.47. The highest BCUT2D eigenvalue weighted by atomic mass is 16.3. The third-order valence-electron chi connectivity index (χ3n) is 5.59.